The molecule has 0 spiro atoms. The highest BCUT2D eigenvalue weighted by atomic mass is 32.3. The summed E-state index contributed by atoms with van der Waals surface area (Å²) in [5.74, 6) is -0.462. The SMILES string of the molecule is CCCCCCCCOC(=O)c1ccc(S(=O)(=O)OS(c2ccccc2)(c2ccccc2)c2ccccc2)cc1. The van der Waals surface area contributed by atoms with Gasteiger partial charge in [0.2, 0.25) is 0 Å². The highest BCUT2D eigenvalue weighted by Crippen LogP contribution is 2.70. The second kappa shape index (κ2) is 14.3. The zero-order chi connectivity index (χ0) is 28.3. The van der Waals surface area contributed by atoms with Crippen LogP contribution in [0.1, 0.15) is 55.8 Å². The molecule has 0 aliphatic carbocycles. The van der Waals surface area contributed by atoms with Crippen LogP contribution in [0.5, 0.6) is 0 Å². The van der Waals surface area contributed by atoms with Gasteiger partial charge < -0.3 is 4.74 Å². The maximum atomic E-state index is 13.9. The number of rotatable bonds is 14. The van der Waals surface area contributed by atoms with Crippen LogP contribution in [-0.4, -0.2) is 21.0 Å². The second-order valence-electron chi connectivity index (χ2n) is 9.45. The van der Waals surface area contributed by atoms with Crippen LogP contribution < -0.4 is 0 Å². The lowest BCUT2D eigenvalue weighted by Crippen LogP contribution is -2.15. The molecule has 0 amide bonds. The molecule has 0 saturated carbocycles. The fourth-order valence-corrected chi connectivity index (χ4v) is 9.66. The molecule has 4 aromatic rings. The van der Waals surface area contributed by atoms with Gasteiger partial charge in [-0.2, -0.15) is 8.42 Å². The van der Waals surface area contributed by atoms with Crippen LogP contribution in [0.3, 0.4) is 0 Å². The third-order valence-corrected chi connectivity index (χ3v) is 11.7. The summed E-state index contributed by atoms with van der Waals surface area (Å²) in [5.41, 5.74) is 0.303. The van der Waals surface area contributed by atoms with E-state index in [1.165, 1.54) is 43.5 Å². The normalized spacial score (nSPS) is 12.1. The number of ether oxygens (including phenoxy) is 1. The van der Waals surface area contributed by atoms with Crippen molar-refractivity contribution in [2.24, 2.45) is 0 Å². The van der Waals surface area contributed by atoms with Crippen LogP contribution in [0.15, 0.2) is 135 Å². The van der Waals surface area contributed by atoms with Gasteiger partial charge in [0, 0.05) is 14.7 Å². The van der Waals surface area contributed by atoms with Gasteiger partial charge >= 0.3 is 16.1 Å². The maximum Gasteiger partial charge on any atom is 0.338 e. The fourth-order valence-electron chi connectivity index (χ4n) is 4.42. The Hall–Kier alpha value is -3.39. The van der Waals surface area contributed by atoms with E-state index in [-0.39, 0.29) is 4.90 Å². The number of carbonyl (C=O) groups is 1. The largest absolute Gasteiger partial charge is 0.462 e. The third kappa shape index (κ3) is 7.22. The fraction of sp³-hybridized carbons (Fsp3) is 0.242. The Morgan fingerprint density at radius 3 is 1.50 bits per heavy atom. The molecule has 0 saturated heterocycles. The van der Waals surface area contributed by atoms with Crippen molar-refractivity contribution < 1.29 is 21.6 Å². The van der Waals surface area contributed by atoms with E-state index < -0.39 is 26.4 Å². The summed E-state index contributed by atoms with van der Waals surface area (Å²) in [4.78, 5) is 14.8. The summed E-state index contributed by atoms with van der Waals surface area (Å²) in [7, 11) is -6.92. The van der Waals surface area contributed by atoms with Gasteiger partial charge in [-0.25, -0.2) is 8.42 Å². The van der Waals surface area contributed by atoms with Gasteiger partial charge in [-0.3, -0.25) is 0 Å². The van der Waals surface area contributed by atoms with E-state index in [1.807, 2.05) is 91.0 Å². The first-order chi connectivity index (χ1) is 19.5. The Bertz CT molecular complexity index is 1340. The molecule has 0 radical (unpaired) electrons. The van der Waals surface area contributed by atoms with E-state index in [4.69, 9.17) is 8.37 Å². The molecule has 210 valence electrons. The average molecular weight is 577 g/mol. The molecular formula is C33H36O5S2. The molecule has 0 unspecified atom stereocenters. The number of unbranched alkanes of at least 4 members (excludes halogenated alkanes) is 5. The van der Waals surface area contributed by atoms with Crippen molar-refractivity contribution in [1.29, 1.82) is 0 Å². The van der Waals surface area contributed by atoms with Gasteiger partial charge in [0.05, 0.1) is 17.1 Å². The van der Waals surface area contributed by atoms with Crippen molar-refractivity contribution in [2.75, 3.05) is 6.61 Å². The molecule has 40 heavy (non-hydrogen) atoms. The minimum Gasteiger partial charge on any atom is -0.462 e. The van der Waals surface area contributed by atoms with E-state index in [0.29, 0.717) is 12.2 Å². The van der Waals surface area contributed by atoms with Gasteiger partial charge in [0.25, 0.3) is 0 Å². The zero-order valence-electron chi connectivity index (χ0n) is 22.8. The van der Waals surface area contributed by atoms with Gasteiger partial charge in [0.15, 0.2) is 0 Å². The average Bonchev–Trinajstić information content (AvgIpc) is 3.01. The molecule has 0 aliphatic heterocycles. The number of benzene rings is 4. The second-order valence-corrected chi connectivity index (χ2v) is 13.9. The lowest BCUT2D eigenvalue weighted by Gasteiger charge is -2.39. The molecule has 4 aromatic carbocycles. The van der Waals surface area contributed by atoms with Gasteiger partial charge in [-0.1, -0.05) is 93.6 Å². The van der Waals surface area contributed by atoms with E-state index in [1.54, 1.807) is 0 Å². The van der Waals surface area contributed by atoms with Crippen LogP contribution >= 0.6 is 10.3 Å². The quantitative estimate of drug-likeness (QED) is 0.111. The molecular weight excluding hydrogens is 540 g/mol. The number of hydrogen-bond donors (Lipinski definition) is 0. The Balaban J connectivity index is 1.59. The predicted octanol–water partition coefficient (Wildman–Crippen LogP) is 8.81. The van der Waals surface area contributed by atoms with E-state index >= 15 is 0 Å². The monoisotopic (exact) mass is 576 g/mol. The van der Waals surface area contributed by atoms with Crippen molar-refractivity contribution in [3.63, 3.8) is 0 Å². The molecule has 0 aliphatic rings. The summed E-state index contributed by atoms with van der Waals surface area (Å²) >= 11 is 0. The highest BCUT2D eigenvalue weighted by Gasteiger charge is 2.38. The maximum absolute atomic E-state index is 13.9. The first-order valence-electron chi connectivity index (χ1n) is 13.7. The van der Waals surface area contributed by atoms with Crippen molar-refractivity contribution in [3.8, 4) is 0 Å². The first kappa shape index (κ1) is 29.6. The molecule has 0 N–H and O–H groups in total. The van der Waals surface area contributed by atoms with Crippen LogP contribution in [0.25, 0.3) is 0 Å². The minimum absolute atomic E-state index is 0.0281. The van der Waals surface area contributed by atoms with Gasteiger partial charge in [-0.15, -0.1) is 0 Å². The van der Waals surface area contributed by atoms with Gasteiger partial charge in [-0.05, 0) is 77.4 Å². The first-order valence-corrected chi connectivity index (χ1v) is 16.7. The molecule has 5 nitrogen and oxygen atoms in total. The molecule has 0 bridgehead atoms. The highest BCUT2D eigenvalue weighted by molar-refractivity contribution is 8.33. The summed E-state index contributed by atoms with van der Waals surface area (Å²) in [6.07, 6.45) is 6.60. The van der Waals surface area contributed by atoms with E-state index in [2.05, 4.69) is 6.92 Å². The lowest BCUT2D eigenvalue weighted by atomic mass is 10.1. The Morgan fingerprint density at radius 1 is 0.575 bits per heavy atom. The number of hydrogen-bond acceptors (Lipinski definition) is 5. The Morgan fingerprint density at radius 2 is 1.02 bits per heavy atom. The summed E-state index contributed by atoms with van der Waals surface area (Å²) in [5, 5.41) is 0. The summed E-state index contributed by atoms with van der Waals surface area (Å²) < 4.78 is 39.4. The van der Waals surface area contributed by atoms with Crippen LogP contribution in [0.4, 0.5) is 0 Å². The lowest BCUT2D eigenvalue weighted by molar-refractivity contribution is 0.0497. The predicted molar refractivity (Wildman–Crippen MR) is 160 cm³/mol. The molecule has 0 aromatic heterocycles. The Kier molecular flexibility index (Phi) is 10.6. The van der Waals surface area contributed by atoms with E-state index in [0.717, 1.165) is 33.9 Å². The van der Waals surface area contributed by atoms with Crippen LogP contribution in [0.2, 0.25) is 0 Å². The van der Waals surface area contributed by atoms with Crippen molar-refractivity contribution in [3.05, 3.63) is 121 Å². The summed E-state index contributed by atoms with van der Waals surface area (Å²) in [6, 6.07) is 34.1. The summed E-state index contributed by atoms with van der Waals surface area (Å²) in [6.45, 7) is 2.53. The smallest absolute Gasteiger partial charge is 0.338 e. The van der Waals surface area contributed by atoms with E-state index in [9.17, 15) is 13.2 Å². The molecule has 0 fully saturated rings. The molecule has 4 rings (SSSR count). The Labute approximate surface area is 239 Å². The third-order valence-electron chi connectivity index (χ3n) is 6.53. The molecule has 0 heterocycles. The van der Waals surface area contributed by atoms with Crippen LogP contribution in [-0.2, 0) is 18.5 Å². The number of esters is 1. The van der Waals surface area contributed by atoms with Crippen molar-refractivity contribution >= 4 is 26.4 Å². The van der Waals surface area contributed by atoms with Crippen molar-refractivity contribution in [1.82, 2.24) is 0 Å². The minimum atomic E-state index is -4.25. The standard InChI is InChI=1S/C33H36O5S2/c1-2-3-4-5-6-16-27-37-33(34)28-23-25-32(26-24-28)40(35,36)38-39(29-17-10-7-11-18-29,30-19-12-8-13-20-30)31-21-14-9-15-22-31/h7-15,17-26H,2-6,16,27H2,1H3. The zero-order valence-corrected chi connectivity index (χ0v) is 24.4. The number of carbonyl (C=O) groups excluding carboxylic acids is 1. The molecule has 7 heteroatoms. The van der Waals surface area contributed by atoms with Crippen molar-refractivity contribution in [2.45, 2.75) is 65.0 Å². The van der Waals surface area contributed by atoms with Crippen LogP contribution in [0, 0.1) is 0 Å². The topological polar surface area (TPSA) is 69.7 Å². The molecule has 0 atom stereocenters. The van der Waals surface area contributed by atoms with Gasteiger partial charge in [0.1, 0.15) is 0 Å².